The predicted octanol–water partition coefficient (Wildman–Crippen LogP) is 10.3. The molecular formula is C77H104N6O20S4+2. The SMILES string of the molecule is CC[N+](CC)=c1ccc2c(/C=C/C=C3\N(CCCSOOO)c4cc(S(=O)(=O)O)ccc4C3(C)CCN3CCOCCOCCOCCN(CCC4(CCCC(=O)O)/C(=C/C=C/c5cc(C)oc6cc(=[N+](CC)CC)ccc5-6)N(CCCS(=O)(=O)O)c5cc(S(=O)(=O)O)ccc54)CCOCC3)cc(C)oc-2c1. The molecule has 7 aliphatic rings. The molecule has 2 aromatic carbocycles. The number of carbonyl (C=O) groups is 1. The normalized spacial score (nSPS) is 19.5. The van der Waals surface area contributed by atoms with Crippen molar-refractivity contribution in [3.8, 4) is 22.6 Å². The average Bonchev–Trinajstić information content (AvgIpc) is 1.58. The van der Waals surface area contributed by atoms with E-state index in [1.807, 2.05) is 79.5 Å². The smallest absolute Gasteiger partial charge is 0.303 e. The van der Waals surface area contributed by atoms with Crippen LogP contribution in [0.15, 0.2) is 139 Å². The van der Waals surface area contributed by atoms with Gasteiger partial charge >= 0.3 is 5.97 Å². The van der Waals surface area contributed by atoms with Crippen molar-refractivity contribution >= 4 is 71.9 Å². The van der Waals surface area contributed by atoms with Crippen LogP contribution in [-0.2, 0) is 74.3 Å². The van der Waals surface area contributed by atoms with Crippen molar-refractivity contribution in [3.05, 3.63) is 165 Å². The van der Waals surface area contributed by atoms with Gasteiger partial charge in [-0.15, -0.1) is 4.33 Å². The fourth-order valence-corrected chi connectivity index (χ4v) is 16.6. The van der Waals surface area contributed by atoms with Crippen LogP contribution in [0, 0.1) is 13.8 Å². The van der Waals surface area contributed by atoms with E-state index in [0.29, 0.717) is 151 Å². The Morgan fingerprint density at radius 1 is 0.561 bits per heavy atom. The van der Waals surface area contributed by atoms with Gasteiger partial charge in [0.25, 0.3) is 30.4 Å². The molecule has 2 aliphatic carbocycles. The van der Waals surface area contributed by atoms with Gasteiger partial charge in [-0.25, -0.2) is 14.4 Å². The number of carboxylic acid groups (broad SMARTS) is 1. The van der Waals surface area contributed by atoms with Crippen LogP contribution < -0.4 is 29.7 Å². The van der Waals surface area contributed by atoms with E-state index in [1.165, 1.54) is 24.3 Å². The van der Waals surface area contributed by atoms with Crippen LogP contribution in [-0.4, -0.2) is 208 Å². The molecule has 0 bridgehead atoms. The number of benzene rings is 4. The highest BCUT2D eigenvalue weighted by Gasteiger charge is 2.48. The molecule has 0 amide bonds. The molecular weight excluding hydrogens is 1460 g/mol. The molecule has 0 spiro atoms. The number of anilines is 2. The summed E-state index contributed by atoms with van der Waals surface area (Å²) in [5.41, 5.74) is 5.69. The number of hydrogen-bond acceptors (Lipinski definition) is 21. The summed E-state index contributed by atoms with van der Waals surface area (Å²) in [7, 11) is -13.9. The minimum atomic E-state index is -4.77. The first-order chi connectivity index (χ1) is 51.2. The van der Waals surface area contributed by atoms with E-state index in [2.05, 4.69) is 87.8 Å². The van der Waals surface area contributed by atoms with Crippen LogP contribution in [0.4, 0.5) is 11.4 Å². The first-order valence-corrected chi connectivity index (χ1v) is 42.0. The molecule has 30 heteroatoms. The lowest BCUT2D eigenvalue weighted by Gasteiger charge is -2.36. The highest BCUT2D eigenvalue weighted by Crippen LogP contribution is 2.55. The minimum Gasteiger partial charge on any atom is -0.481 e. The van der Waals surface area contributed by atoms with Gasteiger partial charge in [-0.1, -0.05) is 41.5 Å². The predicted molar refractivity (Wildman–Crippen MR) is 413 cm³/mol. The van der Waals surface area contributed by atoms with Crippen LogP contribution in [0.25, 0.3) is 34.8 Å². The Morgan fingerprint density at radius 3 is 1.50 bits per heavy atom. The standard InChI is InChI=1S/C77H102N6O20S4/c1-8-80(9-2)61-22-26-65-59(51-57(5)100-71(65)53-61)17-12-19-73-76(7,67-28-24-63(106(90,91)92)55-69(67)82(73)33-15-49-104-103-102-86)31-35-78-37-41-96-42-38-79(40-44-98-46-48-99-47-45-97-43-39-78)36-32-77(30-14-21-75(84)85)68-29-25-64(107(93,94)95)56-70(68)83(34-16-50-105(87,88)89)74(77)20-13-18-60-52-58(6)101-72-54-62(23-27-66(60)72)81(10-3)11-4/h12-13,17-20,22-29,51-56H,8-11,14-16,21,30-50H2,1-7H3,(H3-2,84,85,86,87,88,89,90,91,92,93,94,95)/p+2. The maximum absolute atomic E-state index is 13.0. The third-order valence-corrected chi connectivity index (χ3v) is 23.3. The second-order valence-electron chi connectivity index (χ2n) is 27.0. The summed E-state index contributed by atoms with van der Waals surface area (Å²) in [6.07, 6.45) is 13.3. The summed E-state index contributed by atoms with van der Waals surface area (Å²) in [4.78, 5) is 20.2. The Balaban J connectivity index is 1.03. The van der Waals surface area contributed by atoms with Gasteiger partial charge in [-0.05, 0) is 183 Å². The van der Waals surface area contributed by atoms with E-state index in [0.717, 1.165) is 94.0 Å². The van der Waals surface area contributed by atoms with Gasteiger partial charge in [0.15, 0.2) is 0 Å². The lowest BCUT2D eigenvalue weighted by molar-refractivity contribution is -0.432. The molecule has 1 saturated heterocycles. The zero-order valence-corrected chi connectivity index (χ0v) is 65.5. The van der Waals surface area contributed by atoms with Gasteiger partial charge in [0.2, 0.25) is 10.7 Å². The zero-order chi connectivity index (χ0) is 76.9. The van der Waals surface area contributed by atoms with Gasteiger partial charge in [0.05, 0.1) is 80.5 Å². The van der Waals surface area contributed by atoms with Gasteiger partial charge < -0.3 is 42.7 Å². The van der Waals surface area contributed by atoms with Crippen LogP contribution in [0.5, 0.6) is 0 Å². The molecule has 584 valence electrons. The van der Waals surface area contributed by atoms with Crippen LogP contribution >= 0.6 is 12.0 Å². The number of ether oxygens (including phenoxy) is 4. The highest BCUT2D eigenvalue weighted by atomic mass is 32.2. The summed E-state index contributed by atoms with van der Waals surface area (Å²) in [6.45, 7) is 23.2. The number of nitrogens with zero attached hydrogens (tertiary/aromatic N) is 6. The molecule has 0 aromatic heterocycles. The first-order valence-electron chi connectivity index (χ1n) is 36.6. The summed E-state index contributed by atoms with van der Waals surface area (Å²) in [5, 5.41) is 25.0. The van der Waals surface area contributed by atoms with E-state index in [-0.39, 0.29) is 43.7 Å². The van der Waals surface area contributed by atoms with Crippen molar-refractivity contribution in [2.75, 3.05) is 153 Å². The van der Waals surface area contributed by atoms with Gasteiger partial charge in [-0.2, -0.15) is 25.3 Å². The topological polar surface area (TPSA) is 321 Å². The van der Waals surface area contributed by atoms with Crippen molar-refractivity contribution in [2.24, 2.45) is 0 Å². The lowest BCUT2D eigenvalue weighted by atomic mass is 9.72. The first kappa shape index (κ1) is 84.1. The molecule has 2 unspecified atom stereocenters. The van der Waals surface area contributed by atoms with Crippen molar-refractivity contribution in [3.63, 3.8) is 0 Å². The Labute approximate surface area is 632 Å². The molecule has 0 radical (unpaired) electrons. The van der Waals surface area contributed by atoms with Crippen molar-refractivity contribution < 1.29 is 91.2 Å². The largest absolute Gasteiger partial charge is 0.481 e. The molecule has 26 nitrogen and oxygen atoms in total. The van der Waals surface area contributed by atoms with Gasteiger partial charge in [-0.3, -0.25) is 28.3 Å². The van der Waals surface area contributed by atoms with Crippen LogP contribution in [0.1, 0.15) is 113 Å². The van der Waals surface area contributed by atoms with E-state index in [9.17, 15) is 48.8 Å². The zero-order valence-electron chi connectivity index (χ0n) is 62.2. The van der Waals surface area contributed by atoms with Crippen molar-refractivity contribution in [1.82, 2.24) is 19.0 Å². The maximum Gasteiger partial charge on any atom is 0.303 e. The van der Waals surface area contributed by atoms with Crippen molar-refractivity contribution in [2.45, 2.75) is 114 Å². The Hall–Kier alpha value is -6.95. The molecule has 5 heterocycles. The monoisotopic (exact) mass is 1560 g/mol. The fourth-order valence-electron chi connectivity index (χ4n) is 14.8. The van der Waals surface area contributed by atoms with Crippen LogP contribution in [0.3, 0.4) is 0 Å². The Kier molecular flexibility index (Phi) is 30.7. The molecule has 2 aromatic rings. The Bertz CT molecular complexity index is 4580. The van der Waals surface area contributed by atoms with Gasteiger partial charge in [0, 0.05) is 120 Å². The lowest BCUT2D eigenvalue weighted by Crippen LogP contribution is -2.39. The quantitative estimate of drug-likeness (QED) is 0.00699. The molecule has 1 fully saturated rings. The number of rotatable bonds is 30. The Morgan fingerprint density at radius 2 is 1.02 bits per heavy atom. The third-order valence-electron chi connectivity index (χ3n) is 20.2. The molecule has 107 heavy (non-hydrogen) atoms. The molecule has 5 aliphatic heterocycles. The van der Waals surface area contributed by atoms with E-state index < -0.39 is 57.8 Å². The maximum atomic E-state index is 13.0. The van der Waals surface area contributed by atoms with Gasteiger partial charge in [0.1, 0.15) is 49.2 Å². The second kappa shape index (κ2) is 39.1. The molecule has 5 N–H and O–H groups in total. The number of hydrogen-bond donors (Lipinski definition) is 5. The van der Waals surface area contributed by atoms with Crippen molar-refractivity contribution in [1.29, 1.82) is 0 Å². The number of allylic oxidation sites excluding steroid dienone is 6. The minimum absolute atomic E-state index is 0.0158. The molecule has 9 rings (SSSR count). The molecule has 2 atom stereocenters. The van der Waals surface area contributed by atoms with E-state index in [4.69, 9.17) is 37.4 Å². The summed E-state index contributed by atoms with van der Waals surface area (Å²) in [5.74, 6) is 1.58. The fraction of sp³-hybridized carbons (Fsp3) is 0.494. The summed E-state index contributed by atoms with van der Waals surface area (Å²) < 4.78 is 154. The summed E-state index contributed by atoms with van der Waals surface area (Å²) in [6, 6.07) is 25.2. The van der Waals surface area contributed by atoms with Crippen LogP contribution in [0.2, 0.25) is 0 Å². The number of aliphatic carboxylic acids is 1. The van der Waals surface area contributed by atoms with E-state index >= 15 is 0 Å². The highest BCUT2D eigenvalue weighted by molar-refractivity contribution is 7.94. The summed E-state index contributed by atoms with van der Waals surface area (Å²) >= 11 is 0.916. The number of aryl methyl sites for hydroxylation is 2. The van der Waals surface area contributed by atoms with E-state index in [1.54, 1.807) is 12.1 Å². The average molecular weight is 1560 g/mol. The number of fused-ring (bicyclic) bond motifs is 4. The molecule has 0 saturated carbocycles. The third kappa shape index (κ3) is 22.4. The number of carboxylic acids is 1. The second-order valence-corrected chi connectivity index (χ2v) is 32.2.